The molecule has 0 spiro atoms. The highest BCUT2D eigenvalue weighted by atomic mass is 35.5. The first-order chi connectivity index (χ1) is 13.5. The van der Waals surface area contributed by atoms with Crippen molar-refractivity contribution in [3.63, 3.8) is 0 Å². The van der Waals surface area contributed by atoms with Crippen molar-refractivity contribution in [3.05, 3.63) is 117 Å². The molecule has 0 N–H and O–H groups in total. The van der Waals surface area contributed by atoms with E-state index >= 15 is 0 Å². The molecule has 0 saturated carbocycles. The number of hydrogen-bond donors (Lipinski definition) is 0. The van der Waals surface area contributed by atoms with Crippen molar-refractivity contribution in [1.82, 2.24) is 0 Å². The molecule has 5 nitrogen and oxygen atoms in total. The lowest BCUT2D eigenvalue weighted by Crippen LogP contribution is -2.10. The topological polar surface area (TPSA) is 69.4 Å². The summed E-state index contributed by atoms with van der Waals surface area (Å²) in [6, 6.07) is 21.9. The highest BCUT2D eigenvalue weighted by Gasteiger charge is 2.17. The minimum atomic E-state index is -0.639. The maximum atomic E-state index is 12.5. The van der Waals surface area contributed by atoms with Crippen LogP contribution in [0.4, 0.5) is 5.69 Å². The van der Waals surface area contributed by atoms with Crippen LogP contribution in [0.5, 0.6) is 0 Å². The van der Waals surface area contributed by atoms with Crippen molar-refractivity contribution in [2.75, 3.05) is 0 Å². The van der Waals surface area contributed by atoms with Crippen LogP contribution in [0.25, 0.3) is 6.08 Å². The summed E-state index contributed by atoms with van der Waals surface area (Å²) in [5.41, 5.74) is 1.87. The van der Waals surface area contributed by atoms with E-state index < -0.39 is 17.0 Å². The lowest BCUT2D eigenvalue weighted by atomic mass is 10.1. The van der Waals surface area contributed by atoms with Crippen LogP contribution < -0.4 is 0 Å². The first kappa shape index (κ1) is 19.3. The van der Waals surface area contributed by atoms with Crippen molar-refractivity contribution in [2.45, 2.75) is 6.10 Å². The van der Waals surface area contributed by atoms with Crippen molar-refractivity contribution >= 4 is 29.3 Å². The highest BCUT2D eigenvalue weighted by Crippen LogP contribution is 2.24. The summed E-state index contributed by atoms with van der Waals surface area (Å²) < 4.78 is 5.65. The molecule has 0 amide bonds. The van der Waals surface area contributed by atoms with Gasteiger partial charge in [-0.05, 0) is 41.5 Å². The van der Waals surface area contributed by atoms with Gasteiger partial charge in [0, 0.05) is 17.2 Å². The fraction of sp³-hybridized carbons (Fsp3) is 0.0455. The molecule has 6 heteroatoms. The van der Waals surface area contributed by atoms with Gasteiger partial charge in [-0.1, -0.05) is 60.1 Å². The molecule has 0 heterocycles. The molecule has 0 unspecified atom stereocenters. The van der Waals surface area contributed by atoms with Crippen LogP contribution in [0.15, 0.2) is 84.9 Å². The fourth-order valence-electron chi connectivity index (χ4n) is 2.54. The second-order valence-electron chi connectivity index (χ2n) is 5.95. The van der Waals surface area contributed by atoms with E-state index in [1.54, 1.807) is 30.3 Å². The lowest BCUT2D eigenvalue weighted by Gasteiger charge is -2.15. The monoisotopic (exact) mass is 393 g/mol. The molecule has 0 aliphatic heterocycles. The van der Waals surface area contributed by atoms with E-state index in [1.165, 1.54) is 24.3 Å². The Morgan fingerprint density at radius 3 is 2.21 bits per heavy atom. The van der Waals surface area contributed by atoms with Gasteiger partial charge in [0.1, 0.15) is 6.10 Å². The Kier molecular flexibility index (Phi) is 6.19. The number of benzene rings is 3. The molecular weight excluding hydrogens is 378 g/mol. The molecule has 1 atom stereocenters. The summed E-state index contributed by atoms with van der Waals surface area (Å²) in [4.78, 5) is 22.8. The number of nitro benzene ring substituents is 1. The number of non-ortho nitro benzene ring substituents is 1. The minimum Gasteiger partial charge on any atom is -0.450 e. The summed E-state index contributed by atoms with van der Waals surface area (Å²) in [5.74, 6) is -0.576. The maximum absolute atomic E-state index is 12.5. The summed E-state index contributed by atoms with van der Waals surface area (Å²) in [7, 11) is 0. The molecule has 0 saturated heterocycles. The molecule has 0 aliphatic carbocycles. The van der Waals surface area contributed by atoms with Gasteiger partial charge in [0.2, 0.25) is 0 Å². The lowest BCUT2D eigenvalue weighted by molar-refractivity contribution is -0.384. The average Bonchev–Trinajstić information content (AvgIpc) is 2.72. The summed E-state index contributed by atoms with van der Waals surface area (Å²) in [5, 5.41) is 11.3. The van der Waals surface area contributed by atoms with E-state index in [2.05, 4.69) is 0 Å². The zero-order chi connectivity index (χ0) is 19.9. The van der Waals surface area contributed by atoms with E-state index in [0.717, 1.165) is 11.1 Å². The third kappa shape index (κ3) is 5.05. The third-order valence-electron chi connectivity index (χ3n) is 4.01. The van der Waals surface area contributed by atoms with Crippen molar-refractivity contribution in [1.29, 1.82) is 0 Å². The number of ether oxygens (including phenoxy) is 1. The van der Waals surface area contributed by atoms with E-state index in [0.29, 0.717) is 5.02 Å². The summed E-state index contributed by atoms with van der Waals surface area (Å²) in [6.07, 6.45) is 3.00. The molecule has 0 fully saturated rings. The second kappa shape index (κ2) is 8.97. The Morgan fingerprint density at radius 2 is 1.61 bits per heavy atom. The van der Waals surface area contributed by atoms with Crippen LogP contribution in [0.1, 0.15) is 27.6 Å². The van der Waals surface area contributed by atoms with Crippen LogP contribution in [0.2, 0.25) is 5.02 Å². The standard InChI is InChI=1S/C22H16ClNO4/c23-19-11-7-17(8-12-19)21(15-6-16-4-2-1-3-5-16)28-22(25)18-9-13-20(14-10-18)24(26)27/h1-15,21H/b15-6+/t21-/m0/s1. The molecule has 3 aromatic rings. The van der Waals surface area contributed by atoms with E-state index in [4.69, 9.17) is 16.3 Å². The van der Waals surface area contributed by atoms with Gasteiger partial charge in [0.15, 0.2) is 0 Å². The van der Waals surface area contributed by atoms with E-state index in [9.17, 15) is 14.9 Å². The number of nitro groups is 1. The first-order valence-electron chi connectivity index (χ1n) is 8.47. The van der Waals surface area contributed by atoms with Gasteiger partial charge in [0.05, 0.1) is 10.5 Å². The largest absolute Gasteiger partial charge is 0.450 e. The molecule has 3 rings (SSSR count). The first-order valence-corrected chi connectivity index (χ1v) is 8.85. The van der Waals surface area contributed by atoms with Gasteiger partial charge in [-0.3, -0.25) is 10.1 Å². The van der Waals surface area contributed by atoms with Gasteiger partial charge >= 0.3 is 5.97 Å². The smallest absolute Gasteiger partial charge is 0.339 e. The Labute approximate surface area is 167 Å². The maximum Gasteiger partial charge on any atom is 0.339 e. The molecule has 0 aliphatic rings. The van der Waals surface area contributed by atoms with Gasteiger partial charge in [-0.25, -0.2) is 4.79 Å². The zero-order valence-electron chi connectivity index (χ0n) is 14.7. The van der Waals surface area contributed by atoms with Crippen molar-refractivity contribution < 1.29 is 14.5 Å². The molecule has 140 valence electrons. The minimum absolute atomic E-state index is 0.0882. The third-order valence-corrected chi connectivity index (χ3v) is 4.26. The predicted octanol–water partition coefficient (Wildman–Crippen LogP) is 5.86. The summed E-state index contributed by atoms with van der Waals surface area (Å²) in [6.45, 7) is 0. The molecule has 0 radical (unpaired) electrons. The molecule has 0 aromatic heterocycles. The Morgan fingerprint density at radius 1 is 0.964 bits per heavy atom. The van der Waals surface area contributed by atoms with Crippen LogP contribution in [-0.2, 0) is 4.74 Å². The van der Waals surface area contributed by atoms with E-state index in [1.807, 2.05) is 36.4 Å². The summed E-state index contributed by atoms with van der Waals surface area (Å²) >= 11 is 5.95. The van der Waals surface area contributed by atoms with E-state index in [-0.39, 0.29) is 11.3 Å². The molecule has 0 bridgehead atoms. The van der Waals surface area contributed by atoms with Crippen LogP contribution in [0, 0.1) is 10.1 Å². The number of carbonyl (C=O) groups is 1. The Hall–Kier alpha value is -3.44. The average molecular weight is 394 g/mol. The fourth-order valence-corrected chi connectivity index (χ4v) is 2.66. The normalized spacial score (nSPS) is 11.9. The number of halogens is 1. The SMILES string of the molecule is O=C(O[C@@H](/C=C/c1ccccc1)c1ccc(Cl)cc1)c1ccc([N+](=O)[O-])cc1. The quantitative estimate of drug-likeness (QED) is 0.299. The van der Waals surface area contributed by atoms with Gasteiger partial charge in [-0.15, -0.1) is 0 Å². The van der Waals surface area contributed by atoms with Gasteiger partial charge < -0.3 is 4.74 Å². The van der Waals surface area contributed by atoms with Crippen LogP contribution >= 0.6 is 11.6 Å². The number of rotatable bonds is 6. The molecular formula is C22H16ClNO4. The molecule has 28 heavy (non-hydrogen) atoms. The zero-order valence-corrected chi connectivity index (χ0v) is 15.5. The Balaban J connectivity index is 1.83. The van der Waals surface area contributed by atoms with Crippen molar-refractivity contribution in [2.24, 2.45) is 0 Å². The van der Waals surface area contributed by atoms with Gasteiger partial charge in [-0.2, -0.15) is 0 Å². The van der Waals surface area contributed by atoms with Crippen molar-refractivity contribution in [3.8, 4) is 0 Å². The van der Waals surface area contributed by atoms with Crippen LogP contribution in [0.3, 0.4) is 0 Å². The van der Waals surface area contributed by atoms with Gasteiger partial charge in [0.25, 0.3) is 5.69 Å². The highest BCUT2D eigenvalue weighted by molar-refractivity contribution is 6.30. The number of carbonyl (C=O) groups excluding carboxylic acids is 1. The van der Waals surface area contributed by atoms with Crippen LogP contribution in [-0.4, -0.2) is 10.9 Å². The number of esters is 1. The Bertz CT molecular complexity index is 983. The number of nitrogens with zero attached hydrogens (tertiary/aromatic N) is 1. The molecule has 3 aromatic carbocycles. The number of hydrogen-bond acceptors (Lipinski definition) is 4. The predicted molar refractivity (Wildman–Crippen MR) is 108 cm³/mol. The second-order valence-corrected chi connectivity index (χ2v) is 6.39.